The van der Waals surface area contributed by atoms with Crippen LogP contribution in [-0.2, 0) is 60.3 Å². The molecule has 4 aromatic rings. The number of methoxy groups -OCH3 is 2. The van der Waals surface area contributed by atoms with Gasteiger partial charge in [0.25, 0.3) is 0 Å². The van der Waals surface area contributed by atoms with E-state index in [1.807, 2.05) is 24.3 Å². The number of ether oxygens (including phenoxy) is 8. The van der Waals surface area contributed by atoms with Gasteiger partial charge in [0.2, 0.25) is 5.91 Å². The summed E-state index contributed by atoms with van der Waals surface area (Å²) in [5.41, 5.74) is 0.0893. The lowest BCUT2D eigenvalue weighted by Gasteiger charge is -2.46. The number of hydrogen-bond donors (Lipinski definition) is 9. The average molecular weight is 983 g/mol. The number of ketones is 1. The predicted octanol–water partition coefficient (Wildman–Crippen LogP) is 2.56. The van der Waals surface area contributed by atoms with Crippen LogP contribution in [0.3, 0.4) is 0 Å². The molecule has 0 saturated carbocycles. The summed E-state index contributed by atoms with van der Waals surface area (Å²) >= 11 is 0. The van der Waals surface area contributed by atoms with Gasteiger partial charge < -0.3 is 83.7 Å². The topological polar surface area (TPSA) is 304 Å². The Labute approximate surface area is 402 Å². The largest absolute Gasteiger partial charge is 0.507 e. The summed E-state index contributed by atoms with van der Waals surface area (Å²) in [5, 5.41) is 80.0. The summed E-state index contributed by atoms with van der Waals surface area (Å²) in [7, 11) is 2.44. The Bertz CT molecular complexity index is 2570. The van der Waals surface area contributed by atoms with Crippen molar-refractivity contribution in [3.8, 4) is 17.2 Å². The van der Waals surface area contributed by atoms with Crippen molar-refractivity contribution in [3.63, 3.8) is 0 Å². The van der Waals surface area contributed by atoms with Crippen LogP contribution < -0.4 is 10.2 Å². The van der Waals surface area contributed by atoms with Gasteiger partial charge >= 0.3 is 5.97 Å². The minimum atomic E-state index is -1.61. The lowest BCUT2D eigenvalue weighted by Crippen LogP contribution is -2.58. The van der Waals surface area contributed by atoms with Crippen LogP contribution in [0.2, 0.25) is 0 Å². The molecular formula is C49H62N2O19. The number of fused-ring (bicyclic) bond motifs is 3. The maximum absolute atomic E-state index is 15.0. The van der Waals surface area contributed by atoms with E-state index in [0.29, 0.717) is 5.56 Å². The van der Waals surface area contributed by atoms with E-state index in [1.54, 1.807) is 27.0 Å². The van der Waals surface area contributed by atoms with Crippen molar-refractivity contribution in [2.24, 2.45) is 5.92 Å². The molecule has 4 aliphatic rings. The number of aliphatic hydroxyl groups excluding tert-OH is 3. The third-order valence-corrected chi connectivity index (χ3v) is 14.2. The molecule has 0 spiro atoms. The molecule has 8 rings (SSSR count). The summed E-state index contributed by atoms with van der Waals surface area (Å²) in [6.07, 6.45) is -13.3. The number of benzene rings is 3. The number of rotatable bonds is 14. The van der Waals surface area contributed by atoms with Crippen LogP contribution >= 0.6 is 0 Å². The fourth-order valence-corrected chi connectivity index (χ4v) is 10.3. The van der Waals surface area contributed by atoms with Gasteiger partial charge in [0, 0.05) is 61.4 Å². The van der Waals surface area contributed by atoms with Gasteiger partial charge in [0.05, 0.1) is 54.2 Å². The second-order valence-corrected chi connectivity index (χ2v) is 19.0. The molecule has 3 aliphatic heterocycles. The number of Topliss-reactive ketones (excluding diaryl/α,β-unsaturated/α-hetero) is 1. The highest BCUT2D eigenvalue weighted by atomic mass is 17.1. The first-order valence-corrected chi connectivity index (χ1v) is 23.3. The number of carbonyl (C=O) groups excluding carboxylic acids is 3. The number of amides is 1. The first-order chi connectivity index (χ1) is 33.2. The summed E-state index contributed by atoms with van der Waals surface area (Å²) in [6.45, 7) is 7.68. The van der Waals surface area contributed by atoms with Crippen molar-refractivity contribution < 1.29 is 93.1 Å². The van der Waals surface area contributed by atoms with Crippen molar-refractivity contribution in [3.05, 3.63) is 64.8 Å². The summed E-state index contributed by atoms with van der Waals surface area (Å²) in [4.78, 5) is 50.4. The second-order valence-electron chi connectivity index (χ2n) is 19.0. The Morgan fingerprint density at radius 2 is 1.53 bits per heavy atom. The van der Waals surface area contributed by atoms with Crippen LogP contribution in [0.15, 0.2) is 42.6 Å². The second kappa shape index (κ2) is 20.6. The van der Waals surface area contributed by atoms with E-state index in [9.17, 15) is 45.5 Å². The lowest BCUT2D eigenvalue weighted by atomic mass is 9.76. The number of esters is 1. The molecule has 1 aromatic heterocycles. The number of phenolic OH excluding ortho intramolecular Hbond substituents is 2. The van der Waals surface area contributed by atoms with Gasteiger partial charge in [-0.25, -0.2) is 10.1 Å². The third-order valence-electron chi connectivity index (χ3n) is 14.2. The summed E-state index contributed by atoms with van der Waals surface area (Å²) in [5.74, 6) is -4.71. The molecule has 1 amide bonds. The SMILES string of the molecule is COC(=O)[C@H](Cc1c[nH]c2ccccc12)NC(=O)[C@@H](OC)[C@@H]1Cc2cc3cc(OO)c(C)c(O)c3c(O)c2C(=O)[C@H]1O[C@H]1CC(O[C@H]2C[C@@H](O[C@H]3C[C@](C)(O)[C@H](O)C(C)O3)C(O)C(C)O2)[C@H](O)C(C)O1. The number of aromatic hydroxyl groups is 2. The van der Waals surface area contributed by atoms with Crippen LogP contribution in [0, 0.1) is 12.8 Å². The minimum Gasteiger partial charge on any atom is -0.507 e. The fourth-order valence-electron chi connectivity index (χ4n) is 10.3. The first-order valence-electron chi connectivity index (χ1n) is 23.3. The summed E-state index contributed by atoms with van der Waals surface area (Å²) < 4.78 is 47.9. The molecule has 9 N–H and O–H groups in total. The van der Waals surface area contributed by atoms with Crippen LogP contribution in [0.25, 0.3) is 21.7 Å². The highest BCUT2D eigenvalue weighted by molar-refractivity contribution is 6.11. The summed E-state index contributed by atoms with van der Waals surface area (Å²) in [6, 6.07) is 9.10. The van der Waals surface area contributed by atoms with Crippen LogP contribution in [0.5, 0.6) is 17.2 Å². The van der Waals surface area contributed by atoms with Gasteiger partial charge in [0.15, 0.2) is 30.4 Å². The van der Waals surface area contributed by atoms with E-state index in [-0.39, 0.29) is 65.3 Å². The molecule has 16 atom stereocenters. The standard InChI is InChI=1S/C49H62N2O19/c1-20-31(70-61)15-25-12-24-13-28(45(62-6)47(58)51-30(48(59)63-7)14-26-19-50-29-11-9-8-10-27(26)29)44(43(56)38(24)42(55)37(25)39(20)52)69-35-17-32(40(53)22(3)65-35)67-34-16-33(41(54)21(2)64-34)68-36-18-49(5,60)46(57)23(4)66-36/h8-12,15,19,21-23,28,30,32-36,40-41,44-46,50,52-55,57,60-61H,13-14,16-18H2,1-7H3,(H,51,58)/t21?,22?,23?,28-,30+,32?,33-,34+,35+,36+,40-,41?,44+,45+,46-,49+/m1/s1. The van der Waals surface area contributed by atoms with Crippen molar-refractivity contribution in [2.75, 3.05) is 14.2 Å². The van der Waals surface area contributed by atoms with Crippen LogP contribution in [-0.4, -0.2) is 164 Å². The lowest BCUT2D eigenvalue weighted by molar-refractivity contribution is -0.334. The third kappa shape index (κ3) is 9.95. The molecule has 3 fully saturated rings. The zero-order valence-electron chi connectivity index (χ0n) is 39.8. The van der Waals surface area contributed by atoms with Gasteiger partial charge in [-0.1, -0.05) is 18.2 Å². The molecule has 382 valence electrons. The Balaban J connectivity index is 1.07. The maximum Gasteiger partial charge on any atom is 0.328 e. The van der Waals surface area contributed by atoms with Crippen molar-refractivity contribution >= 4 is 39.3 Å². The van der Waals surface area contributed by atoms with Crippen LogP contribution in [0.1, 0.15) is 74.0 Å². The molecule has 3 aromatic carbocycles. The van der Waals surface area contributed by atoms with E-state index < -0.39 is 127 Å². The average Bonchev–Trinajstić information content (AvgIpc) is 3.72. The predicted molar refractivity (Wildman–Crippen MR) is 244 cm³/mol. The smallest absolute Gasteiger partial charge is 0.328 e. The molecule has 21 heteroatoms. The number of phenols is 2. The molecule has 4 heterocycles. The Morgan fingerprint density at radius 3 is 2.16 bits per heavy atom. The number of aliphatic hydroxyl groups is 4. The van der Waals surface area contributed by atoms with Crippen molar-refractivity contribution in [1.29, 1.82) is 0 Å². The van der Waals surface area contributed by atoms with Crippen LogP contribution in [0.4, 0.5) is 0 Å². The van der Waals surface area contributed by atoms with Gasteiger partial charge in [-0.3, -0.25) is 9.59 Å². The number of aromatic amines is 1. The molecule has 3 saturated heterocycles. The molecule has 21 nitrogen and oxygen atoms in total. The van der Waals surface area contributed by atoms with E-state index in [0.717, 1.165) is 10.9 Å². The maximum atomic E-state index is 15.0. The minimum absolute atomic E-state index is 0.0237. The first kappa shape index (κ1) is 51.3. The van der Waals surface area contributed by atoms with Gasteiger partial charge in [0.1, 0.15) is 48.1 Å². The fraction of sp³-hybridized carbons (Fsp3) is 0.571. The number of aromatic nitrogens is 1. The number of nitrogens with one attached hydrogen (secondary N) is 2. The normalized spacial score (nSPS) is 33.4. The number of para-hydroxylation sites is 1. The van der Waals surface area contributed by atoms with Gasteiger partial charge in [-0.05, 0) is 75.8 Å². The molecule has 5 unspecified atom stereocenters. The zero-order chi connectivity index (χ0) is 50.5. The molecule has 70 heavy (non-hydrogen) atoms. The number of H-pyrrole nitrogens is 1. The van der Waals surface area contributed by atoms with E-state index in [4.69, 9.17) is 37.9 Å². The Morgan fingerprint density at radius 1 is 0.900 bits per heavy atom. The van der Waals surface area contributed by atoms with Crippen molar-refractivity contribution in [2.45, 2.75) is 158 Å². The Kier molecular flexibility index (Phi) is 15.1. The monoisotopic (exact) mass is 982 g/mol. The quantitative estimate of drug-likeness (QED) is 0.0498. The van der Waals surface area contributed by atoms with Gasteiger partial charge in [-0.15, -0.1) is 0 Å². The van der Waals surface area contributed by atoms with Gasteiger partial charge in [-0.2, -0.15) is 0 Å². The number of carbonyl (C=O) groups is 3. The molecular weight excluding hydrogens is 921 g/mol. The highest BCUT2D eigenvalue weighted by Gasteiger charge is 2.50. The molecule has 1 aliphatic carbocycles. The van der Waals surface area contributed by atoms with E-state index in [1.165, 1.54) is 40.2 Å². The molecule has 0 bridgehead atoms. The van der Waals surface area contributed by atoms with E-state index in [2.05, 4.69) is 15.2 Å². The Hall–Kier alpha value is -5.01. The molecule has 0 radical (unpaired) electrons. The number of hydrogen-bond acceptors (Lipinski definition) is 19. The van der Waals surface area contributed by atoms with E-state index >= 15 is 4.79 Å². The zero-order valence-corrected chi connectivity index (χ0v) is 39.8. The highest BCUT2D eigenvalue weighted by Crippen LogP contribution is 2.47. The van der Waals surface area contributed by atoms with Crippen molar-refractivity contribution in [1.82, 2.24) is 10.3 Å².